The van der Waals surface area contributed by atoms with Crippen LogP contribution in [-0.2, 0) is 10.0 Å². The highest BCUT2D eigenvalue weighted by atomic mass is 32.2. The van der Waals surface area contributed by atoms with Crippen LogP contribution in [0.4, 0.5) is 0 Å². The Kier molecular flexibility index (Phi) is 3.95. The Hall–Kier alpha value is -0.0900. The van der Waals surface area contributed by atoms with E-state index in [-0.39, 0.29) is 11.3 Å². The van der Waals surface area contributed by atoms with Gasteiger partial charge in [0, 0.05) is 6.04 Å². The van der Waals surface area contributed by atoms with Crippen molar-refractivity contribution in [2.45, 2.75) is 57.7 Å². The maximum absolute atomic E-state index is 11.6. The smallest absolute Gasteiger partial charge is 0.212 e. The van der Waals surface area contributed by atoms with E-state index in [4.69, 9.17) is 0 Å². The average Bonchev–Trinajstić information content (AvgIpc) is 2.54. The fourth-order valence-corrected chi connectivity index (χ4v) is 2.93. The number of hydrogen-bond donors (Lipinski definition) is 1. The van der Waals surface area contributed by atoms with E-state index in [1.54, 1.807) is 13.8 Å². The lowest BCUT2D eigenvalue weighted by Gasteiger charge is -2.21. The van der Waals surface area contributed by atoms with Gasteiger partial charge < -0.3 is 0 Å². The Morgan fingerprint density at radius 2 is 1.64 bits per heavy atom. The second kappa shape index (κ2) is 4.62. The summed E-state index contributed by atoms with van der Waals surface area (Å²) in [5.41, 5.74) is 0. The maximum atomic E-state index is 11.6. The summed E-state index contributed by atoms with van der Waals surface area (Å²) in [7, 11) is -3.08. The molecule has 0 unspecified atom stereocenters. The summed E-state index contributed by atoms with van der Waals surface area (Å²) in [5.74, 6) is 0.545. The average molecular weight is 219 g/mol. The lowest BCUT2D eigenvalue weighted by Crippen LogP contribution is -2.40. The zero-order valence-electron chi connectivity index (χ0n) is 9.29. The van der Waals surface area contributed by atoms with Gasteiger partial charge in [-0.25, -0.2) is 13.1 Å². The summed E-state index contributed by atoms with van der Waals surface area (Å²) in [6.07, 6.45) is 4.83. The molecule has 1 rings (SSSR count). The third-order valence-corrected chi connectivity index (χ3v) is 5.02. The molecule has 0 radical (unpaired) electrons. The molecule has 1 aliphatic rings. The summed E-state index contributed by atoms with van der Waals surface area (Å²) in [6, 6.07) is 0.102. The van der Waals surface area contributed by atoms with Crippen molar-refractivity contribution in [3.05, 3.63) is 0 Å². The summed E-state index contributed by atoms with van der Waals surface area (Å²) in [6.45, 7) is 5.41. The first-order valence-electron chi connectivity index (χ1n) is 5.44. The van der Waals surface area contributed by atoms with Gasteiger partial charge in [-0.05, 0) is 39.5 Å². The molecule has 0 aliphatic heterocycles. The molecule has 1 aliphatic carbocycles. The van der Waals surface area contributed by atoms with Gasteiger partial charge in [0.2, 0.25) is 10.0 Å². The molecule has 0 bridgehead atoms. The molecule has 0 aromatic heterocycles. The highest BCUT2D eigenvalue weighted by molar-refractivity contribution is 7.90. The number of sulfonamides is 1. The van der Waals surface area contributed by atoms with Crippen LogP contribution >= 0.6 is 0 Å². The van der Waals surface area contributed by atoms with Crippen LogP contribution in [0.2, 0.25) is 0 Å². The molecule has 14 heavy (non-hydrogen) atoms. The van der Waals surface area contributed by atoms with Crippen LogP contribution in [0.15, 0.2) is 0 Å². The third kappa shape index (κ3) is 2.95. The van der Waals surface area contributed by atoms with Crippen LogP contribution in [0.5, 0.6) is 0 Å². The maximum Gasteiger partial charge on any atom is 0.214 e. The van der Waals surface area contributed by atoms with Crippen molar-refractivity contribution >= 4 is 10.0 Å². The monoisotopic (exact) mass is 219 g/mol. The minimum Gasteiger partial charge on any atom is -0.212 e. The highest BCUT2D eigenvalue weighted by Gasteiger charge is 2.26. The van der Waals surface area contributed by atoms with E-state index in [9.17, 15) is 8.42 Å². The molecular formula is C10H21NO2S. The minimum atomic E-state index is -3.08. The molecule has 3 nitrogen and oxygen atoms in total. The Bertz CT molecular complexity index is 266. The Balaban J connectivity index is 2.51. The fourth-order valence-electron chi connectivity index (χ4n) is 1.95. The van der Waals surface area contributed by atoms with Crippen molar-refractivity contribution in [1.29, 1.82) is 0 Å². The molecule has 0 saturated heterocycles. The largest absolute Gasteiger partial charge is 0.214 e. The molecule has 1 saturated carbocycles. The fraction of sp³-hybridized carbons (Fsp3) is 1.00. The van der Waals surface area contributed by atoms with Gasteiger partial charge in [0.25, 0.3) is 0 Å². The Labute approximate surface area is 87.3 Å². The summed E-state index contributed by atoms with van der Waals surface area (Å²) < 4.78 is 25.9. The molecule has 4 heteroatoms. The Morgan fingerprint density at radius 1 is 1.14 bits per heavy atom. The second-order valence-corrected chi connectivity index (χ2v) is 6.81. The first kappa shape index (κ1) is 12.0. The zero-order chi connectivity index (χ0) is 10.8. The molecule has 0 amide bonds. The first-order valence-corrected chi connectivity index (χ1v) is 6.99. The van der Waals surface area contributed by atoms with Crippen molar-refractivity contribution in [2.75, 3.05) is 0 Å². The predicted octanol–water partition coefficient (Wildman–Crippen LogP) is 1.89. The molecule has 0 aromatic carbocycles. The van der Waals surface area contributed by atoms with E-state index in [0.29, 0.717) is 5.92 Å². The molecule has 84 valence electrons. The van der Waals surface area contributed by atoms with Gasteiger partial charge in [-0.15, -0.1) is 0 Å². The van der Waals surface area contributed by atoms with Crippen LogP contribution in [-0.4, -0.2) is 19.7 Å². The topological polar surface area (TPSA) is 46.2 Å². The molecular weight excluding hydrogens is 198 g/mol. The molecule has 1 atom stereocenters. The van der Waals surface area contributed by atoms with Gasteiger partial charge in [-0.3, -0.25) is 0 Å². The molecule has 1 fully saturated rings. The van der Waals surface area contributed by atoms with Crippen molar-refractivity contribution in [2.24, 2.45) is 5.92 Å². The van der Waals surface area contributed by atoms with E-state index in [2.05, 4.69) is 4.72 Å². The van der Waals surface area contributed by atoms with Crippen molar-refractivity contribution in [1.82, 2.24) is 4.72 Å². The lowest BCUT2D eigenvalue weighted by molar-refractivity contribution is 0.422. The van der Waals surface area contributed by atoms with Crippen LogP contribution in [0, 0.1) is 5.92 Å². The molecule has 1 N–H and O–H groups in total. The van der Waals surface area contributed by atoms with Gasteiger partial charge in [-0.1, -0.05) is 12.8 Å². The number of hydrogen-bond acceptors (Lipinski definition) is 2. The highest BCUT2D eigenvalue weighted by Crippen LogP contribution is 2.27. The zero-order valence-corrected chi connectivity index (χ0v) is 10.1. The summed E-state index contributed by atoms with van der Waals surface area (Å²) in [5, 5.41) is -0.327. The van der Waals surface area contributed by atoms with E-state index in [0.717, 1.165) is 0 Å². The van der Waals surface area contributed by atoms with Gasteiger partial charge in [0.05, 0.1) is 5.25 Å². The lowest BCUT2D eigenvalue weighted by atomic mass is 10.0. The van der Waals surface area contributed by atoms with Gasteiger partial charge >= 0.3 is 0 Å². The van der Waals surface area contributed by atoms with Gasteiger partial charge in [0.1, 0.15) is 0 Å². The molecule has 0 spiro atoms. The quantitative estimate of drug-likeness (QED) is 0.785. The van der Waals surface area contributed by atoms with Crippen LogP contribution < -0.4 is 4.72 Å². The van der Waals surface area contributed by atoms with Crippen molar-refractivity contribution in [3.63, 3.8) is 0 Å². The van der Waals surface area contributed by atoms with E-state index < -0.39 is 10.0 Å². The number of nitrogens with one attached hydrogen (secondary N) is 1. The number of rotatable bonds is 4. The third-order valence-electron chi connectivity index (χ3n) is 3.08. The molecule has 0 heterocycles. The van der Waals surface area contributed by atoms with E-state index >= 15 is 0 Å². The van der Waals surface area contributed by atoms with Crippen LogP contribution in [0.1, 0.15) is 46.5 Å². The first-order chi connectivity index (χ1) is 6.43. The van der Waals surface area contributed by atoms with Crippen LogP contribution in [0.3, 0.4) is 0 Å². The van der Waals surface area contributed by atoms with Gasteiger partial charge in [0.15, 0.2) is 0 Å². The van der Waals surface area contributed by atoms with Crippen molar-refractivity contribution in [3.8, 4) is 0 Å². The molecule has 0 aromatic rings. The standard InChI is InChI=1S/C10H21NO2S/c1-8(2)14(12,13)11-9(3)10-6-4-5-7-10/h8-11H,4-7H2,1-3H3/t9-/m1/s1. The van der Waals surface area contributed by atoms with Crippen LogP contribution in [0.25, 0.3) is 0 Å². The Morgan fingerprint density at radius 3 is 2.07 bits per heavy atom. The summed E-state index contributed by atoms with van der Waals surface area (Å²) >= 11 is 0. The van der Waals surface area contributed by atoms with Gasteiger partial charge in [-0.2, -0.15) is 0 Å². The predicted molar refractivity (Wildman–Crippen MR) is 58.6 cm³/mol. The summed E-state index contributed by atoms with van der Waals surface area (Å²) in [4.78, 5) is 0. The van der Waals surface area contributed by atoms with E-state index in [1.807, 2.05) is 6.92 Å². The van der Waals surface area contributed by atoms with E-state index in [1.165, 1.54) is 25.7 Å². The normalized spacial score (nSPS) is 21.7. The SMILES string of the molecule is CC(C)S(=O)(=O)N[C@H](C)C1CCCC1. The second-order valence-electron chi connectivity index (χ2n) is 4.54. The van der Waals surface area contributed by atoms with Crippen molar-refractivity contribution < 1.29 is 8.42 Å². The minimum absolute atomic E-state index is 0.102.